The van der Waals surface area contributed by atoms with E-state index < -0.39 is 8.07 Å². The molecule has 0 saturated heterocycles. The molecule has 2 aliphatic carbocycles. The zero-order chi connectivity index (χ0) is 24.3. The van der Waals surface area contributed by atoms with Crippen molar-refractivity contribution in [3.63, 3.8) is 0 Å². The maximum Gasteiger partial charge on any atom is 0.147 e. The summed E-state index contributed by atoms with van der Waals surface area (Å²) in [5, 5.41) is 3.96. The minimum atomic E-state index is -2.84. The third-order valence-corrected chi connectivity index (χ3v) is 17.5. The summed E-state index contributed by atoms with van der Waals surface area (Å²) in [4.78, 5) is 0. The van der Waals surface area contributed by atoms with Crippen LogP contribution in [0.4, 0.5) is 0 Å². The Morgan fingerprint density at radius 2 is 0.824 bits per heavy atom. The Hall–Kier alpha value is -0.920. The fraction of sp³-hybridized carbons (Fsp3) is 0.333. The Labute approximate surface area is 236 Å². The first-order valence-corrected chi connectivity index (χ1v) is 14.5. The molecule has 34 heavy (non-hydrogen) atoms. The quantitative estimate of drug-likeness (QED) is 0.316. The van der Waals surface area contributed by atoms with Crippen LogP contribution in [-0.2, 0) is 26.2 Å². The van der Waals surface area contributed by atoms with Crippen molar-refractivity contribution in [1.82, 2.24) is 0 Å². The predicted octanol–water partition coefficient (Wildman–Crippen LogP) is 8.49. The number of rotatable bonds is 4. The molecular formula is C30H34Cl2SiZr. The number of hydrogen-bond acceptors (Lipinski definition) is 0. The van der Waals surface area contributed by atoms with Gasteiger partial charge < -0.3 is 0 Å². The number of allylic oxidation sites excluding steroid dienone is 8. The van der Waals surface area contributed by atoms with Gasteiger partial charge in [0.2, 0.25) is 0 Å². The molecule has 0 spiro atoms. The van der Waals surface area contributed by atoms with Gasteiger partial charge >= 0.3 is 0 Å². The summed E-state index contributed by atoms with van der Waals surface area (Å²) in [6, 6.07) is 22.2. The number of halogens is 2. The Morgan fingerprint density at radius 3 is 1.06 bits per heavy atom. The zero-order valence-electron chi connectivity index (χ0n) is 21.5. The molecule has 0 saturated carbocycles. The average molecular weight is 585 g/mol. The van der Waals surface area contributed by atoms with Crippen LogP contribution in [0.25, 0.3) is 0 Å². The number of hydrogen-bond donors (Lipinski definition) is 0. The molecule has 2 atom stereocenters. The van der Waals surface area contributed by atoms with E-state index in [0.717, 1.165) is 10.1 Å². The topological polar surface area (TPSA) is 0 Å². The van der Waals surface area contributed by atoms with Gasteiger partial charge in [0.25, 0.3) is 0 Å². The fourth-order valence-corrected chi connectivity index (χ4v) is 15.8. The Bertz CT molecular complexity index is 1100. The van der Waals surface area contributed by atoms with Crippen molar-refractivity contribution in [3.05, 3.63) is 104 Å². The van der Waals surface area contributed by atoms with Gasteiger partial charge in [-0.15, -0.1) is 0 Å². The van der Waals surface area contributed by atoms with Gasteiger partial charge in [0, 0.05) is 46.3 Å². The van der Waals surface area contributed by atoms with E-state index in [1.54, 1.807) is 0 Å². The van der Waals surface area contributed by atoms with Gasteiger partial charge in [-0.05, 0) is 63.8 Å². The molecule has 0 bridgehead atoms. The molecule has 2 aromatic rings. The summed E-state index contributed by atoms with van der Waals surface area (Å²) in [5.41, 5.74) is 7.76. The summed E-state index contributed by atoms with van der Waals surface area (Å²) in [5.74, 6) is 0. The van der Waals surface area contributed by atoms with Gasteiger partial charge in [0.1, 0.15) is 8.07 Å². The van der Waals surface area contributed by atoms with Gasteiger partial charge in [-0.3, -0.25) is 0 Å². The fourth-order valence-electron chi connectivity index (χ4n) is 6.81. The molecule has 2 aliphatic rings. The van der Waals surface area contributed by atoms with Crippen molar-refractivity contribution in [2.75, 3.05) is 0 Å². The van der Waals surface area contributed by atoms with Crippen molar-refractivity contribution in [2.45, 2.75) is 65.5 Å². The van der Waals surface area contributed by atoms with Crippen LogP contribution in [0.5, 0.6) is 0 Å². The van der Waals surface area contributed by atoms with Crippen LogP contribution < -0.4 is 10.4 Å². The second-order valence-electron chi connectivity index (χ2n) is 10.1. The summed E-state index contributed by atoms with van der Waals surface area (Å²) >= 11 is 14.9. The van der Waals surface area contributed by atoms with Crippen LogP contribution in [0.2, 0.25) is 10.1 Å². The van der Waals surface area contributed by atoms with Gasteiger partial charge in [-0.25, -0.2) is 0 Å². The molecule has 0 fully saturated rings. The first kappa shape index (κ1) is 27.7. The van der Waals surface area contributed by atoms with Gasteiger partial charge in [0.15, 0.2) is 0 Å². The molecule has 0 nitrogen and oxygen atoms in total. The van der Waals surface area contributed by atoms with E-state index in [1.165, 1.54) is 43.8 Å². The summed E-state index contributed by atoms with van der Waals surface area (Å²) < 4.78 is 0. The van der Waals surface area contributed by atoms with E-state index >= 15 is 0 Å². The molecule has 0 aromatic heterocycles. The average Bonchev–Trinajstić information content (AvgIpc) is 3.08. The smallest absolute Gasteiger partial charge is 0.0882 e. The minimum absolute atomic E-state index is 0. The molecule has 4 rings (SSSR count). The molecule has 0 radical (unpaired) electrons. The molecule has 176 valence electrons. The third kappa shape index (κ3) is 3.25. The monoisotopic (exact) mass is 582 g/mol. The van der Waals surface area contributed by atoms with Crippen molar-refractivity contribution < 1.29 is 26.2 Å². The van der Waals surface area contributed by atoms with Crippen LogP contribution in [0, 0.1) is 0 Å². The normalized spacial score (nSPS) is 25.5. The molecule has 4 heteroatoms. The first-order chi connectivity index (χ1) is 15.5. The minimum Gasteiger partial charge on any atom is -0.0882 e. The molecule has 2 unspecified atom stereocenters. The molecule has 0 heterocycles. The second kappa shape index (κ2) is 9.51. The standard InChI is InChI=1S/C30H34Cl2Si.Zr/c1-19-21(3)27(31)29(7,23(19)5)33(25-15-11-9-12-16-25,26-17-13-10-14-18-26)30(8)24(6)20(2)22(4)28(30)32;/h9-18H,1-8H3;. The van der Waals surface area contributed by atoms with E-state index in [1.807, 2.05) is 0 Å². The Balaban J connectivity index is 0.00000324. The summed E-state index contributed by atoms with van der Waals surface area (Å²) in [7, 11) is -2.84. The van der Waals surface area contributed by atoms with Gasteiger partial charge in [-0.2, -0.15) is 0 Å². The predicted molar refractivity (Wildman–Crippen MR) is 148 cm³/mol. The van der Waals surface area contributed by atoms with E-state index in [9.17, 15) is 0 Å². The maximum absolute atomic E-state index is 7.45. The largest absolute Gasteiger partial charge is 0.147 e. The van der Waals surface area contributed by atoms with Crippen LogP contribution in [0.3, 0.4) is 0 Å². The molecule has 2 aromatic carbocycles. The van der Waals surface area contributed by atoms with E-state index in [4.69, 9.17) is 23.2 Å². The number of benzene rings is 2. The van der Waals surface area contributed by atoms with Crippen molar-refractivity contribution in [2.24, 2.45) is 0 Å². The Morgan fingerprint density at radius 1 is 0.529 bits per heavy atom. The van der Waals surface area contributed by atoms with Gasteiger partial charge in [-0.1, -0.05) is 119 Å². The SMILES string of the molecule is CC1=C(C)C(C)([Si](c2ccccc2)(c2ccccc2)C2(C)C(C)=C(C)C(C)=C2Cl)C(Cl)=C1C.[Zr]. The summed E-state index contributed by atoms with van der Waals surface area (Å²) in [6.07, 6.45) is 0. The first-order valence-electron chi connectivity index (χ1n) is 11.7. The maximum atomic E-state index is 7.45. The third-order valence-electron chi connectivity index (χ3n) is 9.20. The van der Waals surface area contributed by atoms with Crippen molar-refractivity contribution in [3.8, 4) is 0 Å². The van der Waals surface area contributed by atoms with Crippen molar-refractivity contribution in [1.29, 1.82) is 0 Å². The van der Waals surface area contributed by atoms with Crippen LogP contribution in [0.1, 0.15) is 55.4 Å². The van der Waals surface area contributed by atoms with E-state index in [-0.39, 0.29) is 36.3 Å². The summed E-state index contributed by atoms with van der Waals surface area (Å²) in [6.45, 7) is 18.2. The molecule has 0 N–H and O–H groups in total. The van der Waals surface area contributed by atoms with E-state index in [2.05, 4.69) is 116 Å². The van der Waals surface area contributed by atoms with Crippen LogP contribution in [-0.4, -0.2) is 8.07 Å². The molecule has 0 amide bonds. The molecular weight excluding hydrogens is 551 g/mol. The van der Waals surface area contributed by atoms with Crippen LogP contribution >= 0.6 is 23.2 Å². The second-order valence-corrected chi connectivity index (χ2v) is 15.5. The van der Waals surface area contributed by atoms with Gasteiger partial charge in [0.05, 0.1) is 0 Å². The van der Waals surface area contributed by atoms with E-state index in [0.29, 0.717) is 0 Å². The van der Waals surface area contributed by atoms with Crippen LogP contribution in [0.15, 0.2) is 104 Å². The Kier molecular flexibility index (Phi) is 7.74. The molecule has 0 aliphatic heterocycles. The zero-order valence-corrected chi connectivity index (χ0v) is 26.5. The van der Waals surface area contributed by atoms with Crippen molar-refractivity contribution >= 4 is 41.6 Å².